The maximum atomic E-state index is 9.56. The molecule has 0 radical (unpaired) electrons. The molecule has 2 aliphatic rings. The first-order valence-corrected chi connectivity index (χ1v) is 10.8. The molecule has 0 aliphatic carbocycles. The number of ether oxygens (including phenoxy) is 1. The molecule has 0 aromatic carbocycles. The van der Waals surface area contributed by atoms with Crippen LogP contribution in [0, 0.1) is 0 Å². The number of anilines is 3. The van der Waals surface area contributed by atoms with E-state index in [1.807, 2.05) is 4.90 Å². The van der Waals surface area contributed by atoms with Crippen molar-refractivity contribution >= 4 is 43.1 Å². The molecule has 0 bridgehead atoms. The third kappa shape index (κ3) is 5.03. The van der Waals surface area contributed by atoms with Crippen molar-refractivity contribution in [3.05, 3.63) is 6.33 Å². The van der Waals surface area contributed by atoms with Gasteiger partial charge in [0.05, 0.1) is 19.4 Å². The van der Waals surface area contributed by atoms with Gasteiger partial charge in [-0.05, 0) is 12.8 Å². The van der Waals surface area contributed by atoms with Crippen LogP contribution in [0.5, 0.6) is 0 Å². The molecular formula is C10H18N5O8P3. The number of hydrogen-bond donors (Lipinski definition) is 6. The number of nitrogens with two attached hydrogens (primary N) is 1. The SMILES string of the molecule is Nc1ncnc2c1NCN2C1CCC(COP(O)OP(O)OP(O)O)O1. The first kappa shape index (κ1) is 20.2. The summed E-state index contributed by atoms with van der Waals surface area (Å²) < 4.78 is 19.8. The summed E-state index contributed by atoms with van der Waals surface area (Å²) in [4.78, 5) is 46.0. The Morgan fingerprint density at radius 1 is 1.23 bits per heavy atom. The number of nitrogens with zero attached hydrogens (tertiary/aromatic N) is 3. The van der Waals surface area contributed by atoms with Gasteiger partial charge in [0.1, 0.15) is 18.2 Å². The fourth-order valence-corrected chi connectivity index (χ4v) is 4.45. The van der Waals surface area contributed by atoms with Gasteiger partial charge in [0.2, 0.25) is 0 Å². The van der Waals surface area contributed by atoms with Crippen molar-refractivity contribution < 1.29 is 37.5 Å². The lowest BCUT2D eigenvalue weighted by Gasteiger charge is -2.25. The van der Waals surface area contributed by atoms with E-state index in [-0.39, 0.29) is 18.9 Å². The van der Waals surface area contributed by atoms with Gasteiger partial charge >= 0.3 is 25.8 Å². The molecule has 7 N–H and O–H groups in total. The summed E-state index contributed by atoms with van der Waals surface area (Å²) in [5.41, 5.74) is 6.48. The number of aromatic nitrogens is 2. The van der Waals surface area contributed by atoms with Gasteiger partial charge in [-0.3, -0.25) is 0 Å². The Morgan fingerprint density at radius 3 is 2.81 bits per heavy atom. The molecule has 1 saturated heterocycles. The molecule has 3 rings (SSSR count). The van der Waals surface area contributed by atoms with Crippen molar-refractivity contribution in [2.75, 3.05) is 29.2 Å². The Kier molecular flexibility index (Phi) is 7.06. The van der Waals surface area contributed by atoms with E-state index in [0.29, 0.717) is 30.4 Å². The van der Waals surface area contributed by atoms with Crippen LogP contribution in [-0.4, -0.2) is 55.1 Å². The monoisotopic (exact) mass is 429 g/mol. The third-order valence-corrected chi connectivity index (χ3v) is 6.27. The minimum atomic E-state index is -2.78. The van der Waals surface area contributed by atoms with Crippen molar-refractivity contribution in [3.63, 3.8) is 0 Å². The highest BCUT2D eigenvalue weighted by atomic mass is 31.3. The summed E-state index contributed by atoms with van der Waals surface area (Å²) in [6.45, 7) is 0.526. The highest BCUT2D eigenvalue weighted by molar-refractivity contribution is 7.60. The van der Waals surface area contributed by atoms with Crippen molar-refractivity contribution in [3.8, 4) is 0 Å². The van der Waals surface area contributed by atoms with Crippen molar-refractivity contribution in [1.82, 2.24) is 9.97 Å². The van der Waals surface area contributed by atoms with Crippen LogP contribution in [0.15, 0.2) is 6.33 Å². The molecule has 13 nitrogen and oxygen atoms in total. The lowest BCUT2D eigenvalue weighted by atomic mass is 10.2. The lowest BCUT2D eigenvalue weighted by molar-refractivity contribution is 0.0152. The molecule has 146 valence electrons. The number of rotatable bonds is 8. The molecule has 0 saturated carbocycles. The quantitative estimate of drug-likeness (QED) is 0.313. The Balaban J connectivity index is 1.45. The van der Waals surface area contributed by atoms with E-state index < -0.39 is 25.8 Å². The predicted octanol–water partition coefficient (Wildman–Crippen LogP) is 0.453. The molecule has 0 amide bonds. The van der Waals surface area contributed by atoms with Crippen LogP contribution in [0.2, 0.25) is 0 Å². The van der Waals surface area contributed by atoms with Gasteiger partial charge in [0, 0.05) is 0 Å². The molecule has 4 unspecified atom stereocenters. The maximum absolute atomic E-state index is 9.56. The van der Waals surface area contributed by atoms with E-state index in [9.17, 15) is 9.79 Å². The summed E-state index contributed by atoms with van der Waals surface area (Å²) in [5.74, 6) is 1.04. The molecule has 1 fully saturated rings. The van der Waals surface area contributed by atoms with Crippen LogP contribution in [0.25, 0.3) is 0 Å². The fourth-order valence-electron chi connectivity index (χ4n) is 2.60. The summed E-state index contributed by atoms with van der Waals surface area (Å²) in [7, 11) is -7.85. The average molecular weight is 429 g/mol. The Hall–Kier alpha value is -0.550. The summed E-state index contributed by atoms with van der Waals surface area (Å²) >= 11 is 0. The van der Waals surface area contributed by atoms with Crippen LogP contribution in [0.3, 0.4) is 0 Å². The van der Waals surface area contributed by atoms with Gasteiger partial charge in [-0.2, -0.15) is 0 Å². The molecule has 16 heteroatoms. The highest BCUT2D eigenvalue weighted by Crippen LogP contribution is 2.55. The standard InChI is InChI=1S/C10H18N5O8P3/c11-9-8-10(13-4-12-9)15(5-14-8)7-2-1-6(21-7)3-20-25(18)23-26(19)22-24(16)17/h4,6-7,14,16-19H,1-3,5H2,(H2,11,12,13). The third-order valence-electron chi connectivity index (χ3n) is 3.64. The topological polar surface area (TPSA) is 185 Å². The minimum absolute atomic E-state index is 0.0366. The van der Waals surface area contributed by atoms with E-state index in [1.54, 1.807) is 0 Å². The summed E-state index contributed by atoms with van der Waals surface area (Å²) in [6.07, 6.45) is 2.27. The molecule has 1 aromatic heterocycles. The van der Waals surface area contributed by atoms with Gasteiger partial charge in [0.25, 0.3) is 0 Å². The normalized spacial score (nSPS) is 24.6. The van der Waals surface area contributed by atoms with Crippen molar-refractivity contribution in [2.45, 2.75) is 25.2 Å². The zero-order valence-corrected chi connectivity index (χ0v) is 15.9. The average Bonchev–Trinajstić information content (AvgIpc) is 3.19. The fraction of sp³-hybridized carbons (Fsp3) is 0.600. The number of hydrogen-bond acceptors (Lipinski definition) is 13. The first-order valence-electron chi connectivity index (χ1n) is 7.35. The van der Waals surface area contributed by atoms with E-state index in [4.69, 9.17) is 24.8 Å². The predicted molar refractivity (Wildman–Crippen MR) is 93.1 cm³/mol. The molecule has 4 atom stereocenters. The van der Waals surface area contributed by atoms with Gasteiger partial charge in [-0.15, -0.1) is 0 Å². The minimum Gasteiger partial charge on any atom is -0.382 e. The molecule has 26 heavy (non-hydrogen) atoms. The van der Waals surface area contributed by atoms with Crippen molar-refractivity contribution in [2.24, 2.45) is 0 Å². The zero-order valence-electron chi connectivity index (χ0n) is 13.2. The second-order valence-corrected chi connectivity index (χ2v) is 8.26. The number of fused-ring (bicyclic) bond motifs is 1. The molecule has 2 aliphatic heterocycles. The number of nitrogen functional groups attached to an aromatic ring is 1. The largest absolute Gasteiger partial charge is 0.382 e. The van der Waals surface area contributed by atoms with Crippen molar-refractivity contribution in [1.29, 1.82) is 0 Å². The zero-order chi connectivity index (χ0) is 18.7. The van der Waals surface area contributed by atoms with E-state index in [1.165, 1.54) is 6.33 Å². The second-order valence-electron chi connectivity index (χ2n) is 5.24. The van der Waals surface area contributed by atoms with Crippen LogP contribution in [0.4, 0.5) is 17.3 Å². The maximum Gasteiger partial charge on any atom is 0.344 e. The first-order chi connectivity index (χ1) is 12.4. The summed E-state index contributed by atoms with van der Waals surface area (Å²) in [6, 6.07) is 0. The van der Waals surface area contributed by atoms with E-state index >= 15 is 0 Å². The number of nitrogens with one attached hydrogen (secondary N) is 1. The molecule has 3 heterocycles. The van der Waals surface area contributed by atoms with Gasteiger partial charge in [-0.1, -0.05) is 0 Å². The van der Waals surface area contributed by atoms with Gasteiger partial charge < -0.3 is 44.8 Å². The van der Waals surface area contributed by atoms with Crippen LogP contribution in [0.1, 0.15) is 12.8 Å². The smallest absolute Gasteiger partial charge is 0.344 e. The van der Waals surface area contributed by atoms with E-state index in [0.717, 1.165) is 6.42 Å². The highest BCUT2D eigenvalue weighted by Gasteiger charge is 2.35. The molecular weight excluding hydrogens is 411 g/mol. The Bertz CT molecular complexity index is 618. The van der Waals surface area contributed by atoms with Crippen LogP contribution >= 0.6 is 25.8 Å². The van der Waals surface area contributed by atoms with Crippen LogP contribution in [-0.2, 0) is 17.9 Å². The van der Waals surface area contributed by atoms with Crippen LogP contribution < -0.4 is 16.0 Å². The van der Waals surface area contributed by atoms with E-state index in [2.05, 4.69) is 23.9 Å². The lowest BCUT2D eigenvalue weighted by Crippen LogP contribution is -2.36. The summed E-state index contributed by atoms with van der Waals surface area (Å²) in [5, 5.41) is 3.13. The van der Waals surface area contributed by atoms with Gasteiger partial charge in [0.15, 0.2) is 11.6 Å². The van der Waals surface area contributed by atoms with Gasteiger partial charge in [-0.25, -0.2) is 18.6 Å². The molecule has 0 spiro atoms. The molecule has 1 aromatic rings. The second kappa shape index (κ2) is 9.09. The Labute approximate surface area is 152 Å². The Morgan fingerprint density at radius 2 is 2.04 bits per heavy atom.